The van der Waals surface area contributed by atoms with Crippen LogP contribution in [0.2, 0.25) is 0 Å². The van der Waals surface area contributed by atoms with E-state index in [1.165, 1.54) is 6.42 Å². The molecule has 186 valence electrons. The van der Waals surface area contributed by atoms with Crippen molar-refractivity contribution in [2.45, 2.75) is 58.9 Å². The van der Waals surface area contributed by atoms with Gasteiger partial charge in [-0.2, -0.15) is 0 Å². The van der Waals surface area contributed by atoms with Crippen molar-refractivity contribution in [3.8, 4) is 5.75 Å². The number of ether oxygens (including phenoxy) is 1. The molecule has 2 aromatic rings. The maximum Gasteiger partial charge on any atom is 0.268 e. The minimum atomic E-state index is -0.749. The van der Waals surface area contributed by atoms with E-state index in [4.69, 9.17) is 4.74 Å². The second-order valence-electron chi connectivity index (χ2n) is 8.30. The van der Waals surface area contributed by atoms with E-state index < -0.39 is 17.9 Å². The molecule has 0 bridgehead atoms. The van der Waals surface area contributed by atoms with Crippen LogP contribution in [0.3, 0.4) is 0 Å². The van der Waals surface area contributed by atoms with Gasteiger partial charge in [-0.3, -0.25) is 19.2 Å². The Balaban J connectivity index is 0.00000129. The minimum absolute atomic E-state index is 0.0862. The highest BCUT2D eigenvalue weighted by atomic mass is 16.5. The molecule has 0 spiro atoms. The number of H-pyrrole nitrogens is 1. The van der Waals surface area contributed by atoms with Crippen molar-refractivity contribution in [3.63, 3.8) is 0 Å². The summed E-state index contributed by atoms with van der Waals surface area (Å²) in [6, 6.07) is 6.34. The van der Waals surface area contributed by atoms with Crippen LogP contribution >= 0.6 is 0 Å². The van der Waals surface area contributed by atoms with Crippen molar-refractivity contribution in [1.29, 1.82) is 0 Å². The number of nitrogens with one attached hydrogen (secondary N) is 4. The largest absolute Gasteiger partial charge is 0.496 e. The lowest BCUT2D eigenvalue weighted by molar-refractivity contribution is -0.130. The van der Waals surface area contributed by atoms with E-state index in [-0.39, 0.29) is 37.0 Å². The zero-order valence-corrected chi connectivity index (χ0v) is 20.5. The van der Waals surface area contributed by atoms with Gasteiger partial charge in [0.1, 0.15) is 11.4 Å². The summed E-state index contributed by atoms with van der Waals surface area (Å²) < 4.78 is 5.29. The fourth-order valence-corrected chi connectivity index (χ4v) is 3.79. The summed E-state index contributed by atoms with van der Waals surface area (Å²) in [6.07, 6.45) is 3.31. The molecule has 4 N–H and O–H groups in total. The average molecular weight is 473 g/mol. The van der Waals surface area contributed by atoms with E-state index >= 15 is 0 Å². The van der Waals surface area contributed by atoms with Gasteiger partial charge >= 0.3 is 0 Å². The number of piperidine rings is 1. The second-order valence-corrected chi connectivity index (χ2v) is 8.30. The van der Waals surface area contributed by atoms with Crippen LogP contribution in [0.4, 0.5) is 0 Å². The molecule has 9 heteroatoms. The monoisotopic (exact) mass is 472 g/mol. The van der Waals surface area contributed by atoms with E-state index in [9.17, 15) is 19.2 Å². The van der Waals surface area contributed by atoms with Crippen LogP contribution in [0.25, 0.3) is 10.9 Å². The maximum atomic E-state index is 12.5. The van der Waals surface area contributed by atoms with Gasteiger partial charge in [0, 0.05) is 29.8 Å². The van der Waals surface area contributed by atoms with Crippen molar-refractivity contribution in [2.75, 3.05) is 20.2 Å². The van der Waals surface area contributed by atoms with Crippen molar-refractivity contribution in [1.82, 2.24) is 20.9 Å². The maximum absolute atomic E-state index is 12.5. The van der Waals surface area contributed by atoms with Gasteiger partial charge in [-0.1, -0.05) is 33.3 Å². The summed E-state index contributed by atoms with van der Waals surface area (Å²) in [4.78, 5) is 52.2. The average Bonchev–Trinajstić information content (AvgIpc) is 3.28. The molecule has 3 amide bonds. The number of Topliss-reactive ketones (excluding diaryl/α,β-unsaturated/α-hetero) is 1. The number of aromatic amines is 1. The number of aromatic nitrogens is 1. The molecule has 0 saturated carbocycles. The zero-order valence-electron chi connectivity index (χ0n) is 20.5. The van der Waals surface area contributed by atoms with Crippen LogP contribution in [0.5, 0.6) is 5.75 Å². The lowest BCUT2D eigenvalue weighted by atomic mass is 9.89. The molecule has 1 aromatic heterocycles. The molecule has 1 unspecified atom stereocenters. The Kier molecular flexibility index (Phi) is 10.6. The van der Waals surface area contributed by atoms with Crippen LogP contribution in [-0.4, -0.2) is 54.7 Å². The Morgan fingerprint density at radius 3 is 2.59 bits per heavy atom. The Hall–Kier alpha value is -3.36. The van der Waals surface area contributed by atoms with Crippen LogP contribution in [0.1, 0.15) is 63.4 Å². The second kappa shape index (κ2) is 13.4. The predicted octanol–water partition coefficient (Wildman–Crippen LogP) is 2.70. The lowest BCUT2D eigenvalue weighted by Gasteiger charge is -2.26. The zero-order chi connectivity index (χ0) is 25.1. The minimum Gasteiger partial charge on any atom is -0.496 e. The highest BCUT2D eigenvalue weighted by Crippen LogP contribution is 2.25. The van der Waals surface area contributed by atoms with Gasteiger partial charge in [0.2, 0.25) is 11.8 Å². The van der Waals surface area contributed by atoms with Gasteiger partial charge in [-0.15, -0.1) is 0 Å². The Morgan fingerprint density at radius 2 is 1.94 bits per heavy atom. The quantitative estimate of drug-likeness (QED) is 0.446. The lowest BCUT2D eigenvalue weighted by Crippen LogP contribution is -2.48. The van der Waals surface area contributed by atoms with Gasteiger partial charge in [-0.05, 0) is 37.5 Å². The summed E-state index contributed by atoms with van der Waals surface area (Å²) in [5, 5.41) is 8.79. The number of ketones is 1. The molecule has 0 radical (unpaired) electrons. The van der Waals surface area contributed by atoms with Crippen LogP contribution in [0.15, 0.2) is 24.3 Å². The topological polar surface area (TPSA) is 129 Å². The number of amides is 3. The fourth-order valence-electron chi connectivity index (χ4n) is 3.79. The van der Waals surface area contributed by atoms with E-state index in [1.807, 2.05) is 12.1 Å². The molecule has 0 aliphatic carbocycles. The molecule has 3 rings (SSSR count). The van der Waals surface area contributed by atoms with Crippen molar-refractivity contribution < 1.29 is 23.9 Å². The summed E-state index contributed by atoms with van der Waals surface area (Å²) in [5.41, 5.74) is 1.04. The third-order valence-electron chi connectivity index (χ3n) is 5.49. The first kappa shape index (κ1) is 26.9. The molecule has 2 atom stereocenters. The normalized spacial score (nSPS) is 16.0. The van der Waals surface area contributed by atoms with Gasteiger partial charge < -0.3 is 25.7 Å². The number of hydrogen-bond acceptors (Lipinski definition) is 5. The molecule has 1 saturated heterocycles. The van der Waals surface area contributed by atoms with Gasteiger partial charge in [0.25, 0.3) is 5.91 Å². The Bertz CT molecular complexity index is 1000. The molecule has 1 fully saturated rings. The first-order valence-corrected chi connectivity index (χ1v) is 11.9. The predicted molar refractivity (Wildman–Crippen MR) is 131 cm³/mol. The van der Waals surface area contributed by atoms with Crippen LogP contribution < -0.4 is 20.7 Å². The molecule has 2 heterocycles. The molecule has 9 nitrogen and oxygen atoms in total. The number of methoxy groups -OCH3 is 1. The number of fused-ring (bicyclic) bond motifs is 1. The van der Waals surface area contributed by atoms with Crippen molar-refractivity contribution >= 4 is 34.4 Å². The molecular weight excluding hydrogens is 436 g/mol. The summed E-state index contributed by atoms with van der Waals surface area (Å²) in [6.45, 7) is 6.32. The van der Waals surface area contributed by atoms with E-state index in [0.717, 1.165) is 17.3 Å². The summed E-state index contributed by atoms with van der Waals surface area (Å²) >= 11 is 0. The van der Waals surface area contributed by atoms with Crippen LogP contribution in [-0.2, 0) is 14.4 Å². The number of carbonyl (C=O) groups is 4. The van der Waals surface area contributed by atoms with Gasteiger partial charge in [-0.25, -0.2) is 0 Å². The van der Waals surface area contributed by atoms with Crippen molar-refractivity contribution in [2.24, 2.45) is 5.92 Å². The summed E-state index contributed by atoms with van der Waals surface area (Å²) in [7, 11) is 1.55. The van der Waals surface area contributed by atoms with Gasteiger partial charge in [0.05, 0.1) is 19.7 Å². The first-order valence-electron chi connectivity index (χ1n) is 11.9. The Labute approximate surface area is 200 Å². The smallest absolute Gasteiger partial charge is 0.268 e. The highest BCUT2D eigenvalue weighted by molar-refractivity contribution is 6.01. The van der Waals surface area contributed by atoms with E-state index in [1.54, 1.807) is 26.2 Å². The SMILES string of the molecule is CCC.CCC(=O)C(C[C@@H]1CCCNC1=O)NC(=O)CNC(=O)c1cc2c(OC)cccc2[nH]1. The number of hydrogen-bond donors (Lipinski definition) is 4. The highest BCUT2D eigenvalue weighted by Gasteiger charge is 2.29. The van der Waals surface area contributed by atoms with Crippen molar-refractivity contribution in [3.05, 3.63) is 30.0 Å². The number of rotatable bonds is 9. The third-order valence-corrected chi connectivity index (χ3v) is 5.49. The molecule has 1 aliphatic heterocycles. The third kappa shape index (κ3) is 7.33. The van der Waals surface area contributed by atoms with E-state index in [0.29, 0.717) is 24.4 Å². The first-order chi connectivity index (χ1) is 16.3. The molecule has 1 aromatic carbocycles. The Morgan fingerprint density at radius 1 is 1.21 bits per heavy atom. The standard InChI is InChI=1S/C22H28N4O5.C3H8/c1-3-18(27)16(10-13-6-5-9-23-21(13)29)26-20(28)12-24-22(30)17-11-14-15(25-17)7-4-8-19(14)31-2;1-3-2/h4,7-8,11,13,16,25H,3,5-6,9-10,12H2,1-2H3,(H,23,29)(H,24,30)(H,26,28);3H2,1-2H3/t13-,16?;/m0./s1. The van der Waals surface area contributed by atoms with Crippen LogP contribution in [0, 0.1) is 5.92 Å². The molecular formula is C25H36N4O5. The summed E-state index contributed by atoms with van der Waals surface area (Å²) in [5.74, 6) is -0.815. The molecule has 34 heavy (non-hydrogen) atoms. The van der Waals surface area contributed by atoms with E-state index in [2.05, 4.69) is 34.8 Å². The molecule has 1 aliphatic rings. The van der Waals surface area contributed by atoms with Gasteiger partial charge in [0.15, 0.2) is 5.78 Å². The fraction of sp³-hybridized carbons (Fsp3) is 0.520. The number of benzene rings is 1. The number of carbonyl (C=O) groups excluding carboxylic acids is 4.